The molecule has 1 fully saturated rings. The Morgan fingerprint density at radius 3 is 2.39 bits per heavy atom. The maximum absolute atomic E-state index is 13.3. The molecule has 2 aromatic carbocycles. The lowest BCUT2D eigenvalue weighted by Gasteiger charge is -2.22. The van der Waals surface area contributed by atoms with Crippen LogP contribution in [-0.4, -0.2) is 36.1 Å². The van der Waals surface area contributed by atoms with Crippen molar-refractivity contribution in [3.63, 3.8) is 0 Å². The number of ketones is 1. The van der Waals surface area contributed by atoms with Gasteiger partial charge in [-0.3, -0.25) is 14.9 Å². The highest BCUT2D eigenvalue weighted by atomic mass is 35.5. The average molecular weight is 475 g/mol. The van der Waals surface area contributed by atoms with E-state index in [2.05, 4.69) is 5.32 Å². The molecule has 0 saturated carbocycles. The quantitative estimate of drug-likeness (QED) is 0.360. The first-order valence-electron chi connectivity index (χ1n) is 9.47. The van der Waals surface area contributed by atoms with Crippen LogP contribution < -0.4 is 10.2 Å². The van der Waals surface area contributed by atoms with Crippen LogP contribution in [0.25, 0.3) is 0 Å². The maximum atomic E-state index is 13.3. The molecule has 0 aliphatic carbocycles. The Kier molecular flexibility index (Phi) is 7.26. The van der Waals surface area contributed by atoms with E-state index in [9.17, 15) is 27.9 Å². The van der Waals surface area contributed by atoms with E-state index in [0.717, 1.165) is 22.6 Å². The van der Waals surface area contributed by atoms with Gasteiger partial charge < -0.3 is 10.0 Å². The largest absolute Gasteiger partial charge is 0.418 e. The Bertz CT molecular complexity index is 964. The molecule has 3 rings (SSSR count). The van der Waals surface area contributed by atoms with Crippen LogP contribution in [0.3, 0.4) is 0 Å². The summed E-state index contributed by atoms with van der Waals surface area (Å²) in [7, 11) is 0. The van der Waals surface area contributed by atoms with Crippen molar-refractivity contribution in [3.05, 3.63) is 63.6 Å². The molecule has 1 aliphatic rings. The Hall–Kier alpha value is -2.13. The highest BCUT2D eigenvalue weighted by Gasteiger charge is 2.46. The zero-order valence-corrected chi connectivity index (χ0v) is 17.6. The molecule has 0 bridgehead atoms. The smallest absolute Gasteiger partial charge is 0.378 e. The molecule has 2 aromatic rings. The summed E-state index contributed by atoms with van der Waals surface area (Å²) in [6, 6.07) is 9.67. The highest BCUT2D eigenvalue weighted by molar-refractivity contribution is 6.44. The lowest BCUT2D eigenvalue weighted by Crippen LogP contribution is -2.40. The number of hydrogen-bond acceptors (Lipinski definition) is 4. The molecular weight excluding hydrogens is 456 g/mol. The van der Waals surface area contributed by atoms with Crippen molar-refractivity contribution >= 4 is 40.6 Å². The number of halogens is 5. The van der Waals surface area contributed by atoms with E-state index in [4.69, 9.17) is 23.2 Å². The summed E-state index contributed by atoms with van der Waals surface area (Å²) in [5, 5.41) is 14.1. The van der Waals surface area contributed by atoms with E-state index in [-0.39, 0.29) is 13.1 Å². The fourth-order valence-electron chi connectivity index (χ4n) is 3.48. The van der Waals surface area contributed by atoms with E-state index in [0.29, 0.717) is 22.9 Å². The molecule has 1 amide bonds. The summed E-state index contributed by atoms with van der Waals surface area (Å²) < 4.78 is 39.8. The standard InChI is InChI=1S/C21H19Cl2F3N2O3/c22-15-7-3-8-16(23)12(15)5-4-10-27-19(30)13-11-28(20(31)18(13)29)17-9-2-1-6-14(17)21(24,25)26/h1-3,6-9,13,19,27,30H,4-5,10-11H2. The number of nitrogens with zero attached hydrogens (tertiary/aromatic N) is 1. The van der Waals surface area contributed by atoms with Gasteiger partial charge in [-0.1, -0.05) is 41.4 Å². The molecule has 1 heterocycles. The van der Waals surface area contributed by atoms with Crippen LogP contribution in [0, 0.1) is 5.92 Å². The average Bonchev–Trinajstić information content (AvgIpc) is 3.01. The van der Waals surface area contributed by atoms with Crippen LogP contribution in [0.5, 0.6) is 0 Å². The third-order valence-electron chi connectivity index (χ3n) is 5.07. The van der Waals surface area contributed by atoms with Crippen LogP contribution in [0.4, 0.5) is 18.9 Å². The van der Waals surface area contributed by atoms with Gasteiger partial charge >= 0.3 is 6.18 Å². The normalized spacial score (nSPS) is 18.0. The number of benzene rings is 2. The topological polar surface area (TPSA) is 69.6 Å². The molecule has 1 aliphatic heterocycles. The molecule has 31 heavy (non-hydrogen) atoms. The fourth-order valence-corrected chi connectivity index (χ4v) is 4.07. The number of para-hydroxylation sites is 1. The second-order valence-electron chi connectivity index (χ2n) is 7.10. The number of nitrogens with one attached hydrogen (secondary N) is 1. The molecule has 1 saturated heterocycles. The van der Waals surface area contributed by atoms with E-state index >= 15 is 0 Å². The lowest BCUT2D eigenvalue weighted by molar-refractivity contribution is -0.138. The summed E-state index contributed by atoms with van der Waals surface area (Å²) in [5.74, 6) is -3.20. The number of alkyl halides is 3. The minimum atomic E-state index is -4.69. The number of aliphatic hydroxyl groups excluding tert-OH is 1. The molecular formula is C21H19Cl2F3N2O3. The third kappa shape index (κ3) is 5.20. The minimum absolute atomic E-state index is 0.278. The van der Waals surface area contributed by atoms with Gasteiger partial charge in [-0.2, -0.15) is 13.2 Å². The highest BCUT2D eigenvalue weighted by Crippen LogP contribution is 2.38. The Labute approximate surface area is 186 Å². The monoisotopic (exact) mass is 474 g/mol. The predicted molar refractivity (Wildman–Crippen MR) is 111 cm³/mol. The van der Waals surface area contributed by atoms with Crippen molar-refractivity contribution in [2.45, 2.75) is 25.2 Å². The molecule has 166 valence electrons. The third-order valence-corrected chi connectivity index (χ3v) is 5.78. The lowest BCUT2D eigenvalue weighted by atomic mass is 10.1. The zero-order valence-electron chi connectivity index (χ0n) is 16.1. The predicted octanol–water partition coefficient (Wildman–Crippen LogP) is 4.08. The van der Waals surface area contributed by atoms with E-state index in [1.807, 2.05) is 0 Å². The molecule has 0 aromatic heterocycles. The first-order valence-corrected chi connectivity index (χ1v) is 10.2. The molecule has 2 unspecified atom stereocenters. The molecule has 2 atom stereocenters. The van der Waals surface area contributed by atoms with Crippen LogP contribution in [-0.2, 0) is 22.2 Å². The van der Waals surface area contributed by atoms with Gasteiger partial charge in [0.1, 0.15) is 6.23 Å². The zero-order chi connectivity index (χ0) is 22.8. The number of Topliss-reactive ketones (excluding diaryl/α,β-unsaturated/α-hetero) is 1. The van der Waals surface area contributed by atoms with Crippen molar-refractivity contribution in [1.82, 2.24) is 5.32 Å². The van der Waals surface area contributed by atoms with Gasteiger partial charge in [0.2, 0.25) is 5.78 Å². The van der Waals surface area contributed by atoms with Gasteiger partial charge in [0, 0.05) is 16.6 Å². The first-order chi connectivity index (χ1) is 14.6. The number of amides is 1. The van der Waals surface area contributed by atoms with Gasteiger partial charge in [-0.15, -0.1) is 0 Å². The maximum Gasteiger partial charge on any atom is 0.418 e. The van der Waals surface area contributed by atoms with Crippen LogP contribution in [0.15, 0.2) is 42.5 Å². The van der Waals surface area contributed by atoms with Gasteiger partial charge in [0.25, 0.3) is 5.91 Å². The van der Waals surface area contributed by atoms with Gasteiger partial charge in [0.15, 0.2) is 0 Å². The number of carbonyl (C=O) groups excluding carboxylic acids is 2. The number of carbonyl (C=O) groups is 2. The summed E-state index contributed by atoms with van der Waals surface area (Å²) in [4.78, 5) is 25.4. The van der Waals surface area contributed by atoms with Crippen molar-refractivity contribution in [3.8, 4) is 0 Å². The second-order valence-corrected chi connectivity index (χ2v) is 7.92. The van der Waals surface area contributed by atoms with E-state index in [1.165, 1.54) is 12.1 Å². The SMILES string of the molecule is O=C1C(=O)N(c2ccccc2C(F)(F)F)CC1C(O)NCCCc1c(Cl)cccc1Cl. The van der Waals surface area contributed by atoms with Gasteiger partial charge in [0.05, 0.1) is 17.2 Å². The van der Waals surface area contributed by atoms with Crippen molar-refractivity contribution < 1.29 is 27.9 Å². The summed E-state index contributed by atoms with van der Waals surface area (Å²) >= 11 is 12.2. The van der Waals surface area contributed by atoms with Crippen molar-refractivity contribution in [2.75, 3.05) is 18.0 Å². The molecule has 0 radical (unpaired) electrons. The van der Waals surface area contributed by atoms with E-state index < -0.39 is 41.3 Å². The summed E-state index contributed by atoms with van der Waals surface area (Å²) in [6.07, 6.45) is -5.03. The van der Waals surface area contributed by atoms with Crippen LogP contribution in [0.1, 0.15) is 17.5 Å². The first kappa shape index (κ1) is 23.5. The van der Waals surface area contributed by atoms with Crippen LogP contribution >= 0.6 is 23.2 Å². The second kappa shape index (κ2) is 9.56. The summed E-state index contributed by atoms with van der Waals surface area (Å²) in [6.45, 7) is -0.0743. The molecule has 2 N–H and O–H groups in total. The number of hydrogen-bond donors (Lipinski definition) is 2. The van der Waals surface area contributed by atoms with Crippen molar-refractivity contribution in [2.24, 2.45) is 5.92 Å². The van der Waals surface area contributed by atoms with Crippen LogP contribution in [0.2, 0.25) is 10.0 Å². The Morgan fingerprint density at radius 1 is 1.10 bits per heavy atom. The Morgan fingerprint density at radius 2 is 1.74 bits per heavy atom. The molecule has 0 spiro atoms. The Balaban J connectivity index is 1.63. The number of anilines is 1. The number of rotatable bonds is 7. The number of aliphatic hydroxyl groups is 1. The molecule has 5 nitrogen and oxygen atoms in total. The minimum Gasteiger partial charge on any atom is -0.378 e. The fraction of sp³-hybridized carbons (Fsp3) is 0.333. The summed E-state index contributed by atoms with van der Waals surface area (Å²) in [5.41, 5.74) is -0.670. The van der Waals surface area contributed by atoms with Gasteiger partial charge in [-0.25, -0.2) is 0 Å². The van der Waals surface area contributed by atoms with Crippen molar-refractivity contribution in [1.29, 1.82) is 0 Å². The molecule has 10 heteroatoms. The van der Waals surface area contributed by atoms with E-state index in [1.54, 1.807) is 18.2 Å². The van der Waals surface area contributed by atoms with Gasteiger partial charge in [-0.05, 0) is 49.2 Å².